The van der Waals surface area contributed by atoms with Crippen LogP contribution in [0.25, 0.3) is 0 Å². The molecule has 0 radical (unpaired) electrons. The zero-order valence-electron chi connectivity index (χ0n) is 10.8. The van der Waals surface area contributed by atoms with Crippen LogP contribution in [0.1, 0.15) is 13.3 Å². The summed E-state index contributed by atoms with van der Waals surface area (Å²) in [5, 5.41) is 5.50. The van der Waals surface area contributed by atoms with E-state index in [1.807, 2.05) is 6.07 Å². The number of hydrogen-bond acceptors (Lipinski definition) is 3. The Balaban J connectivity index is 2.14. The maximum absolute atomic E-state index is 11.7. The lowest BCUT2D eigenvalue weighted by molar-refractivity contribution is -0.117. The summed E-state index contributed by atoms with van der Waals surface area (Å²) in [7, 11) is 0. The van der Waals surface area contributed by atoms with Crippen molar-refractivity contribution in [2.75, 3.05) is 23.3 Å². The Morgan fingerprint density at radius 2 is 2.32 bits per heavy atom. The Morgan fingerprint density at radius 3 is 3.00 bits per heavy atom. The molecule has 1 aliphatic rings. The minimum Gasteiger partial charge on any atom is -0.338 e. The van der Waals surface area contributed by atoms with E-state index in [0.29, 0.717) is 18.8 Å². The van der Waals surface area contributed by atoms with Gasteiger partial charge in [-0.25, -0.2) is 4.79 Å². The van der Waals surface area contributed by atoms with Crippen LogP contribution >= 0.6 is 0 Å². The Kier molecular flexibility index (Phi) is 4.01. The van der Waals surface area contributed by atoms with Gasteiger partial charge in [0, 0.05) is 24.5 Å². The average molecular weight is 262 g/mol. The van der Waals surface area contributed by atoms with Crippen molar-refractivity contribution in [3.05, 3.63) is 24.3 Å². The molecule has 1 aliphatic heterocycles. The van der Waals surface area contributed by atoms with Crippen LogP contribution in [0.3, 0.4) is 0 Å². The van der Waals surface area contributed by atoms with Crippen LogP contribution in [0.5, 0.6) is 0 Å². The van der Waals surface area contributed by atoms with E-state index in [2.05, 4.69) is 10.6 Å². The number of benzene rings is 1. The molecule has 3 amide bonds. The van der Waals surface area contributed by atoms with Crippen molar-refractivity contribution >= 4 is 23.3 Å². The summed E-state index contributed by atoms with van der Waals surface area (Å²) in [6.45, 7) is 3.00. The van der Waals surface area contributed by atoms with Crippen LogP contribution in [0, 0.1) is 0 Å². The van der Waals surface area contributed by atoms with Gasteiger partial charge in [-0.2, -0.15) is 0 Å². The fraction of sp³-hybridized carbons (Fsp3) is 0.385. The van der Waals surface area contributed by atoms with Gasteiger partial charge in [-0.1, -0.05) is 6.07 Å². The molecule has 0 bridgehead atoms. The van der Waals surface area contributed by atoms with E-state index in [-0.39, 0.29) is 11.9 Å². The number of carbonyl (C=O) groups is 2. The number of carbonyl (C=O) groups excluding carboxylic acids is 2. The van der Waals surface area contributed by atoms with E-state index in [4.69, 9.17) is 5.73 Å². The first-order valence-electron chi connectivity index (χ1n) is 6.30. The van der Waals surface area contributed by atoms with E-state index < -0.39 is 6.04 Å². The van der Waals surface area contributed by atoms with Gasteiger partial charge in [0.15, 0.2) is 0 Å². The molecule has 19 heavy (non-hydrogen) atoms. The molecule has 0 aromatic heterocycles. The fourth-order valence-corrected chi connectivity index (χ4v) is 1.88. The molecule has 1 atom stereocenters. The third-order valence-corrected chi connectivity index (χ3v) is 2.92. The first-order valence-corrected chi connectivity index (χ1v) is 6.30. The average Bonchev–Trinajstić information content (AvgIpc) is 2.39. The lowest BCUT2D eigenvalue weighted by Crippen LogP contribution is -2.46. The van der Waals surface area contributed by atoms with Gasteiger partial charge in [-0.3, -0.25) is 9.69 Å². The molecule has 0 spiro atoms. The van der Waals surface area contributed by atoms with E-state index in [9.17, 15) is 9.59 Å². The zero-order valence-corrected chi connectivity index (χ0v) is 10.8. The third-order valence-electron chi connectivity index (χ3n) is 2.92. The maximum atomic E-state index is 11.7. The summed E-state index contributed by atoms with van der Waals surface area (Å²) in [5.74, 6) is -0.250. The van der Waals surface area contributed by atoms with Gasteiger partial charge >= 0.3 is 6.03 Å². The predicted molar refractivity (Wildman–Crippen MR) is 74.1 cm³/mol. The summed E-state index contributed by atoms with van der Waals surface area (Å²) in [6, 6.07) is 6.50. The molecule has 1 heterocycles. The zero-order chi connectivity index (χ0) is 13.8. The van der Waals surface area contributed by atoms with Crippen LogP contribution in [0.2, 0.25) is 0 Å². The monoisotopic (exact) mass is 262 g/mol. The standard InChI is InChI=1S/C13H18N4O2/c1-9(14)12(18)16-10-4-2-5-11(8-10)17-7-3-6-15-13(17)19/h2,4-5,8-9H,3,6-7,14H2,1H3,(H,15,19)(H,16,18)/t9-/m1/s1. The van der Waals surface area contributed by atoms with E-state index in [1.54, 1.807) is 30.0 Å². The van der Waals surface area contributed by atoms with Crippen LogP contribution in [0.15, 0.2) is 24.3 Å². The molecule has 1 saturated heterocycles. The molecule has 102 valence electrons. The van der Waals surface area contributed by atoms with Crippen molar-refractivity contribution in [1.29, 1.82) is 0 Å². The molecule has 0 saturated carbocycles. The van der Waals surface area contributed by atoms with Gasteiger partial charge in [0.2, 0.25) is 5.91 Å². The first-order chi connectivity index (χ1) is 9.08. The van der Waals surface area contributed by atoms with Gasteiger partial charge in [-0.05, 0) is 31.5 Å². The van der Waals surface area contributed by atoms with Gasteiger partial charge in [0.1, 0.15) is 0 Å². The number of nitrogens with one attached hydrogen (secondary N) is 2. The highest BCUT2D eigenvalue weighted by Gasteiger charge is 2.19. The van der Waals surface area contributed by atoms with Crippen molar-refractivity contribution in [2.45, 2.75) is 19.4 Å². The number of rotatable bonds is 3. The number of urea groups is 1. The second-order valence-electron chi connectivity index (χ2n) is 4.57. The quantitative estimate of drug-likeness (QED) is 0.756. The Morgan fingerprint density at radius 1 is 1.53 bits per heavy atom. The summed E-state index contributed by atoms with van der Waals surface area (Å²) >= 11 is 0. The predicted octanol–water partition coefficient (Wildman–Crippen LogP) is 0.892. The largest absolute Gasteiger partial charge is 0.338 e. The molecule has 6 nitrogen and oxygen atoms in total. The highest BCUT2D eigenvalue weighted by Crippen LogP contribution is 2.21. The van der Waals surface area contributed by atoms with Crippen LogP contribution < -0.4 is 21.3 Å². The van der Waals surface area contributed by atoms with E-state index in [0.717, 1.165) is 12.1 Å². The Hall–Kier alpha value is -2.08. The summed E-state index contributed by atoms with van der Waals surface area (Å²) in [5.41, 5.74) is 6.90. The van der Waals surface area contributed by atoms with E-state index >= 15 is 0 Å². The molecule has 6 heteroatoms. The maximum Gasteiger partial charge on any atom is 0.321 e. The normalized spacial score (nSPS) is 16.7. The van der Waals surface area contributed by atoms with E-state index in [1.165, 1.54) is 0 Å². The van der Waals surface area contributed by atoms with Crippen LogP contribution in [-0.2, 0) is 4.79 Å². The molecule has 0 unspecified atom stereocenters. The second-order valence-corrected chi connectivity index (χ2v) is 4.57. The Bertz CT molecular complexity index is 487. The summed E-state index contributed by atoms with van der Waals surface area (Å²) < 4.78 is 0. The summed E-state index contributed by atoms with van der Waals surface area (Å²) in [6.07, 6.45) is 0.905. The number of amides is 3. The molecule has 1 fully saturated rings. The molecule has 1 aromatic rings. The fourth-order valence-electron chi connectivity index (χ4n) is 1.88. The first kappa shape index (κ1) is 13.4. The topological polar surface area (TPSA) is 87.5 Å². The minimum absolute atomic E-state index is 0.109. The molecule has 4 N–H and O–H groups in total. The van der Waals surface area contributed by atoms with Crippen molar-refractivity contribution in [3.8, 4) is 0 Å². The Labute approximate surface area is 112 Å². The SMILES string of the molecule is C[C@@H](N)C(=O)Nc1cccc(N2CCCNC2=O)c1. The molecular weight excluding hydrogens is 244 g/mol. The third kappa shape index (κ3) is 3.23. The highest BCUT2D eigenvalue weighted by molar-refractivity contribution is 5.96. The van der Waals surface area contributed by atoms with Crippen LogP contribution in [0.4, 0.5) is 16.2 Å². The lowest BCUT2D eigenvalue weighted by Gasteiger charge is -2.27. The molecule has 0 aliphatic carbocycles. The molecule has 2 rings (SSSR count). The van der Waals surface area contributed by atoms with Gasteiger partial charge in [0.05, 0.1) is 6.04 Å². The number of anilines is 2. The number of nitrogens with two attached hydrogens (primary N) is 1. The van der Waals surface area contributed by atoms with Gasteiger partial charge in [-0.15, -0.1) is 0 Å². The minimum atomic E-state index is -0.568. The van der Waals surface area contributed by atoms with Crippen molar-refractivity contribution in [1.82, 2.24) is 5.32 Å². The number of nitrogens with zero attached hydrogens (tertiary/aromatic N) is 1. The van der Waals surface area contributed by atoms with Crippen LogP contribution in [-0.4, -0.2) is 31.1 Å². The number of hydrogen-bond donors (Lipinski definition) is 3. The van der Waals surface area contributed by atoms with Gasteiger partial charge < -0.3 is 16.4 Å². The van der Waals surface area contributed by atoms with Crippen molar-refractivity contribution in [3.63, 3.8) is 0 Å². The molecule has 1 aromatic carbocycles. The molecular formula is C13H18N4O2. The lowest BCUT2D eigenvalue weighted by atomic mass is 10.2. The van der Waals surface area contributed by atoms with Crippen molar-refractivity contribution in [2.24, 2.45) is 5.73 Å². The highest BCUT2D eigenvalue weighted by atomic mass is 16.2. The van der Waals surface area contributed by atoms with Gasteiger partial charge in [0.25, 0.3) is 0 Å². The second kappa shape index (κ2) is 5.71. The smallest absolute Gasteiger partial charge is 0.321 e. The summed E-state index contributed by atoms with van der Waals surface area (Å²) in [4.78, 5) is 24.9. The van der Waals surface area contributed by atoms with Crippen molar-refractivity contribution < 1.29 is 9.59 Å².